The number of nitrogens with zero attached hydrogens (tertiary/aromatic N) is 1. The van der Waals surface area contributed by atoms with Crippen LogP contribution in [0.5, 0.6) is 5.75 Å². The number of methoxy groups -OCH3 is 1. The van der Waals surface area contributed by atoms with Crippen LogP contribution in [0.25, 0.3) is 0 Å². The van der Waals surface area contributed by atoms with Crippen molar-refractivity contribution >= 4 is 21.8 Å². The van der Waals surface area contributed by atoms with Crippen LogP contribution in [-0.4, -0.2) is 51.4 Å². The fourth-order valence-electron chi connectivity index (χ4n) is 3.65. The minimum absolute atomic E-state index is 0.151. The molecule has 0 saturated heterocycles. The maximum Gasteiger partial charge on any atom is 0.242 e. The van der Waals surface area contributed by atoms with E-state index in [-0.39, 0.29) is 23.1 Å². The molecule has 198 valence electrons. The van der Waals surface area contributed by atoms with Crippen LogP contribution in [0.3, 0.4) is 0 Å². The predicted molar refractivity (Wildman–Crippen MR) is 141 cm³/mol. The Labute approximate surface area is 215 Å². The third-order valence-corrected chi connectivity index (χ3v) is 7.46. The summed E-state index contributed by atoms with van der Waals surface area (Å²) in [5.41, 5.74) is 1.74. The van der Waals surface area contributed by atoms with Crippen LogP contribution in [0.2, 0.25) is 0 Å². The second kappa shape index (κ2) is 14.0. The summed E-state index contributed by atoms with van der Waals surface area (Å²) in [5, 5.41) is 2.94. The van der Waals surface area contributed by atoms with Crippen molar-refractivity contribution < 1.29 is 22.7 Å². The van der Waals surface area contributed by atoms with Gasteiger partial charge >= 0.3 is 0 Å². The molecule has 0 aliphatic heterocycles. The van der Waals surface area contributed by atoms with Gasteiger partial charge in [0.2, 0.25) is 21.8 Å². The molecule has 2 rings (SSSR count). The number of amides is 2. The zero-order valence-corrected chi connectivity index (χ0v) is 22.7. The van der Waals surface area contributed by atoms with E-state index >= 15 is 0 Å². The average molecular weight is 518 g/mol. The van der Waals surface area contributed by atoms with Crippen molar-refractivity contribution in [2.45, 2.75) is 64.4 Å². The molecule has 0 aliphatic carbocycles. The van der Waals surface area contributed by atoms with E-state index in [0.717, 1.165) is 23.3 Å². The number of nitrogens with one attached hydrogen (secondary N) is 2. The highest BCUT2D eigenvalue weighted by atomic mass is 32.2. The quantitative estimate of drug-likeness (QED) is 0.399. The first-order valence-electron chi connectivity index (χ1n) is 12.4. The monoisotopic (exact) mass is 517 g/mol. The van der Waals surface area contributed by atoms with Gasteiger partial charge < -0.3 is 15.0 Å². The first kappa shape index (κ1) is 29.3. The fraction of sp³-hybridized carbons (Fsp3) is 0.481. The molecule has 0 aromatic heterocycles. The van der Waals surface area contributed by atoms with E-state index in [1.807, 2.05) is 24.3 Å². The van der Waals surface area contributed by atoms with Gasteiger partial charge in [0.1, 0.15) is 11.8 Å². The lowest BCUT2D eigenvalue weighted by molar-refractivity contribution is -0.140. The number of hydrogen-bond donors (Lipinski definition) is 2. The van der Waals surface area contributed by atoms with Crippen LogP contribution in [0, 0.1) is 5.92 Å². The summed E-state index contributed by atoms with van der Waals surface area (Å²) in [6.45, 7) is 8.82. The first-order valence-corrected chi connectivity index (χ1v) is 13.8. The number of ether oxygens (including phenoxy) is 1. The molecule has 36 heavy (non-hydrogen) atoms. The molecule has 0 unspecified atom stereocenters. The maximum atomic E-state index is 13.3. The standard InChI is InChI=1S/C27H39N3O5S/c1-6-29-36(33,34)25-14-9-22(10-15-25)11-16-26(31)30(19-23-7-12-24(35-5)13-8-23)21(4)27(32)28-18-17-20(2)3/h7-10,12-15,20-21,29H,6,11,16-19H2,1-5H3,(H,28,32)/t21-/m0/s1. The van der Waals surface area contributed by atoms with Crippen molar-refractivity contribution in [3.63, 3.8) is 0 Å². The first-order chi connectivity index (χ1) is 17.1. The summed E-state index contributed by atoms with van der Waals surface area (Å²) >= 11 is 0. The molecule has 2 amide bonds. The third kappa shape index (κ3) is 8.95. The van der Waals surface area contributed by atoms with E-state index in [1.165, 1.54) is 12.1 Å². The lowest BCUT2D eigenvalue weighted by atomic mass is 10.1. The summed E-state index contributed by atoms with van der Waals surface area (Å²) in [5.74, 6) is 0.852. The summed E-state index contributed by atoms with van der Waals surface area (Å²) in [6.07, 6.45) is 1.49. The molecule has 2 aromatic carbocycles. The summed E-state index contributed by atoms with van der Waals surface area (Å²) in [4.78, 5) is 27.9. The number of aryl methyl sites for hydroxylation is 1. The van der Waals surface area contributed by atoms with Gasteiger partial charge in [0.05, 0.1) is 12.0 Å². The molecule has 0 aliphatic rings. The Morgan fingerprint density at radius 3 is 2.14 bits per heavy atom. The van der Waals surface area contributed by atoms with Crippen molar-refractivity contribution in [2.24, 2.45) is 5.92 Å². The molecule has 0 spiro atoms. The molecule has 0 bridgehead atoms. The highest BCUT2D eigenvalue weighted by molar-refractivity contribution is 7.89. The number of carbonyl (C=O) groups is 2. The van der Waals surface area contributed by atoms with Crippen molar-refractivity contribution in [1.29, 1.82) is 0 Å². The van der Waals surface area contributed by atoms with Gasteiger partial charge in [-0.15, -0.1) is 0 Å². The van der Waals surface area contributed by atoms with Crippen molar-refractivity contribution in [1.82, 2.24) is 14.9 Å². The molecule has 0 heterocycles. The molecule has 9 heteroatoms. The van der Waals surface area contributed by atoms with Crippen LogP contribution in [0.1, 0.15) is 51.7 Å². The van der Waals surface area contributed by atoms with Gasteiger partial charge in [0.25, 0.3) is 0 Å². The Bertz CT molecular complexity index is 1080. The van der Waals surface area contributed by atoms with Crippen LogP contribution in [-0.2, 0) is 32.6 Å². The molecule has 8 nitrogen and oxygen atoms in total. The summed E-state index contributed by atoms with van der Waals surface area (Å²) in [7, 11) is -1.93. The molecule has 2 aromatic rings. The van der Waals surface area contributed by atoms with E-state index < -0.39 is 16.1 Å². The van der Waals surface area contributed by atoms with Crippen molar-refractivity contribution in [3.8, 4) is 5.75 Å². The number of sulfonamides is 1. The van der Waals surface area contributed by atoms with Crippen LogP contribution in [0.4, 0.5) is 0 Å². The van der Waals surface area contributed by atoms with Crippen molar-refractivity contribution in [3.05, 3.63) is 59.7 Å². The zero-order chi connectivity index (χ0) is 26.7. The van der Waals surface area contributed by atoms with Gasteiger partial charge in [0.15, 0.2) is 0 Å². The van der Waals surface area contributed by atoms with Gasteiger partial charge in [0, 0.05) is 26.1 Å². The Balaban J connectivity index is 2.12. The topological polar surface area (TPSA) is 105 Å². The van der Waals surface area contributed by atoms with Crippen molar-refractivity contribution in [2.75, 3.05) is 20.2 Å². The Morgan fingerprint density at radius 2 is 1.58 bits per heavy atom. The van der Waals surface area contributed by atoms with E-state index in [0.29, 0.717) is 32.0 Å². The Kier molecular flexibility index (Phi) is 11.4. The van der Waals surface area contributed by atoms with Gasteiger partial charge in [-0.3, -0.25) is 9.59 Å². The molecule has 1 atom stereocenters. The zero-order valence-electron chi connectivity index (χ0n) is 21.9. The fourth-order valence-corrected chi connectivity index (χ4v) is 4.69. The molecule has 0 fully saturated rings. The highest BCUT2D eigenvalue weighted by Crippen LogP contribution is 2.17. The van der Waals surface area contributed by atoms with E-state index in [4.69, 9.17) is 4.74 Å². The smallest absolute Gasteiger partial charge is 0.242 e. The maximum absolute atomic E-state index is 13.3. The van der Waals surface area contributed by atoms with E-state index in [1.54, 1.807) is 38.0 Å². The molecule has 2 N–H and O–H groups in total. The lowest BCUT2D eigenvalue weighted by Crippen LogP contribution is -2.48. The predicted octanol–water partition coefficient (Wildman–Crippen LogP) is 3.51. The highest BCUT2D eigenvalue weighted by Gasteiger charge is 2.26. The second-order valence-corrected chi connectivity index (χ2v) is 10.9. The third-order valence-electron chi connectivity index (χ3n) is 5.90. The van der Waals surface area contributed by atoms with Gasteiger partial charge in [-0.25, -0.2) is 13.1 Å². The lowest BCUT2D eigenvalue weighted by Gasteiger charge is -2.29. The minimum Gasteiger partial charge on any atom is -0.497 e. The van der Waals surface area contributed by atoms with Gasteiger partial charge in [-0.05, 0) is 61.1 Å². The molecular weight excluding hydrogens is 478 g/mol. The average Bonchev–Trinajstić information content (AvgIpc) is 2.85. The molecular formula is C27H39N3O5S. The van der Waals surface area contributed by atoms with E-state index in [2.05, 4.69) is 23.9 Å². The largest absolute Gasteiger partial charge is 0.497 e. The van der Waals surface area contributed by atoms with Gasteiger partial charge in [-0.2, -0.15) is 0 Å². The van der Waals surface area contributed by atoms with Crippen LogP contribution in [0.15, 0.2) is 53.4 Å². The second-order valence-electron chi connectivity index (χ2n) is 9.16. The number of hydrogen-bond acceptors (Lipinski definition) is 5. The summed E-state index contributed by atoms with van der Waals surface area (Å²) < 4.78 is 32.0. The Hall–Kier alpha value is -2.91. The van der Waals surface area contributed by atoms with Crippen LogP contribution < -0.4 is 14.8 Å². The number of benzene rings is 2. The van der Waals surface area contributed by atoms with Gasteiger partial charge in [-0.1, -0.05) is 45.0 Å². The van der Waals surface area contributed by atoms with E-state index in [9.17, 15) is 18.0 Å². The number of rotatable bonds is 14. The normalized spacial score (nSPS) is 12.3. The molecule has 0 radical (unpaired) electrons. The Morgan fingerprint density at radius 1 is 0.972 bits per heavy atom. The minimum atomic E-state index is -3.52. The summed E-state index contributed by atoms with van der Waals surface area (Å²) in [6, 6.07) is 13.3. The SMILES string of the molecule is CCNS(=O)(=O)c1ccc(CCC(=O)N(Cc2ccc(OC)cc2)[C@@H](C)C(=O)NCCC(C)C)cc1. The number of carbonyl (C=O) groups excluding carboxylic acids is 2. The van der Waals surface area contributed by atoms with Crippen LogP contribution >= 0.6 is 0 Å². The molecule has 0 saturated carbocycles.